The summed E-state index contributed by atoms with van der Waals surface area (Å²) in [5, 5.41) is 7.36. The molecule has 0 radical (unpaired) electrons. The van der Waals surface area contributed by atoms with Gasteiger partial charge in [-0.1, -0.05) is 6.92 Å². The number of aryl methyl sites for hydroxylation is 1. The van der Waals surface area contributed by atoms with Crippen molar-refractivity contribution < 1.29 is 4.79 Å². The van der Waals surface area contributed by atoms with Gasteiger partial charge in [-0.3, -0.25) is 9.89 Å². The summed E-state index contributed by atoms with van der Waals surface area (Å²) in [7, 11) is 2.10. The number of hydrogen-bond donors (Lipinski definition) is 1. The topological polar surface area (TPSA) is 52.2 Å². The predicted octanol–water partition coefficient (Wildman–Crippen LogP) is 0.922. The summed E-state index contributed by atoms with van der Waals surface area (Å²) < 4.78 is 0. The first-order chi connectivity index (χ1) is 9.15. The third-order valence-corrected chi connectivity index (χ3v) is 4.39. The van der Waals surface area contributed by atoms with Crippen LogP contribution in [0.3, 0.4) is 0 Å². The highest BCUT2D eigenvalue weighted by Gasteiger charge is 2.28. The molecule has 0 bridgehead atoms. The Balaban J connectivity index is 1.79. The summed E-state index contributed by atoms with van der Waals surface area (Å²) in [6, 6.07) is 0. The van der Waals surface area contributed by atoms with Gasteiger partial charge in [0, 0.05) is 37.4 Å². The molecule has 1 aliphatic carbocycles. The van der Waals surface area contributed by atoms with Crippen LogP contribution in [-0.2, 0) is 12.8 Å². The van der Waals surface area contributed by atoms with E-state index in [2.05, 4.69) is 29.1 Å². The molecule has 1 atom stereocenters. The van der Waals surface area contributed by atoms with Crippen molar-refractivity contribution in [2.24, 2.45) is 5.92 Å². The maximum absolute atomic E-state index is 12.6. The number of likely N-dealkylation sites (N-methyl/N-ethyl adjacent to an activating group) is 1. The Hall–Kier alpha value is -1.36. The second-order valence-corrected chi connectivity index (χ2v) is 5.97. The van der Waals surface area contributed by atoms with Gasteiger partial charge in [-0.05, 0) is 32.2 Å². The van der Waals surface area contributed by atoms with E-state index in [1.807, 2.05) is 4.90 Å². The number of amides is 1. The van der Waals surface area contributed by atoms with E-state index in [0.29, 0.717) is 11.6 Å². The lowest BCUT2D eigenvalue weighted by Gasteiger charge is -2.32. The molecule has 2 aliphatic rings. The summed E-state index contributed by atoms with van der Waals surface area (Å²) in [5.74, 6) is 0.767. The van der Waals surface area contributed by atoms with Gasteiger partial charge in [0.15, 0.2) is 5.69 Å². The van der Waals surface area contributed by atoms with Crippen LogP contribution < -0.4 is 0 Å². The summed E-state index contributed by atoms with van der Waals surface area (Å²) in [5.41, 5.74) is 3.02. The number of rotatable bonds is 1. The van der Waals surface area contributed by atoms with Crippen molar-refractivity contribution in [3.05, 3.63) is 17.0 Å². The fraction of sp³-hybridized carbons (Fsp3) is 0.714. The van der Waals surface area contributed by atoms with Gasteiger partial charge in [0.25, 0.3) is 5.91 Å². The van der Waals surface area contributed by atoms with E-state index in [1.54, 1.807) is 0 Å². The molecular formula is C14H22N4O. The van der Waals surface area contributed by atoms with Gasteiger partial charge < -0.3 is 9.80 Å². The van der Waals surface area contributed by atoms with Crippen LogP contribution in [0, 0.1) is 5.92 Å². The highest BCUT2D eigenvalue weighted by Crippen LogP contribution is 2.26. The van der Waals surface area contributed by atoms with Crippen LogP contribution in [-0.4, -0.2) is 59.1 Å². The number of fused-ring (bicyclic) bond motifs is 1. The molecule has 1 fully saturated rings. The zero-order chi connectivity index (χ0) is 13.4. The number of H-pyrrole nitrogens is 1. The van der Waals surface area contributed by atoms with E-state index >= 15 is 0 Å². The minimum atomic E-state index is 0.111. The molecule has 5 heteroatoms. The fourth-order valence-electron chi connectivity index (χ4n) is 3.01. The number of piperazine rings is 1. The van der Waals surface area contributed by atoms with Crippen molar-refractivity contribution in [1.82, 2.24) is 20.0 Å². The number of nitrogens with zero attached hydrogens (tertiary/aromatic N) is 3. The normalized spacial score (nSPS) is 24.3. The van der Waals surface area contributed by atoms with Crippen LogP contribution in [0.15, 0.2) is 0 Å². The fourth-order valence-corrected chi connectivity index (χ4v) is 3.01. The van der Waals surface area contributed by atoms with E-state index in [9.17, 15) is 4.79 Å². The van der Waals surface area contributed by atoms with E-state index in [-0.39, 0.29) is 5.91 Å². The predicted molar refractivity (Wildman–Crippen MR) is 73.2 cm³/mol. The molecule has 1 aromatic rings. The molecule has 2 heterocycles. The third-order valence-electron chi connectivity index (χ3n) is 4.39. The van der Waals surface area contributed by atoms with Crippen LogP contribution in [0.25, 0.3) is 0 Å². The minimum absolute atomic E-state index is 0.111. The van der Waals surface area contributed by atoms with Crippen molar-refractivity contribution in [3.63, 3.8) is 0 Å². The van der Waals surface area contributed by atoms with Crippen molar-refractivity contribution in [3.8, 4) is 0 Å². The molecule has 3 rings (SSSR count). The maximum atomic E-state index is 12.6. The van der Waals surface area contributed by atoms with Crippen molar-refractivity contribution in [2.75, 3.05) is 33.2 Å². The van der Waals surface area contributed by atoms with Crippen LogP contribution in [0.2, 0.25) is 0 Å². The number of hydrogen-bond acceptors (Lipinski definition) is 3. The van der Waals surface area contributed by atoms with Gasteiger partial charge in [0.05, 0.1) is 0 Å². The first-order valence-corrected chi connectivity index (χ1v) is 7.19. The number of aromatic nitrogens is 2. The molecule has 104 valence electrons. The maximum Gasteiger partial charge on any atom is 0.274 e. The lowest BCUT2D eigenvalue weighted by molar-refractivity contribution is 0.0656. The quantitative estimate of drug-likeness (QED) is 0.819. The van der Waals surface area contributed by atoms with E-state index in [1.165, 1.54) is 17.7 Å². The van der Waals surface area contributed by atoms with Crippen LogP contribution in [0.5, 0.6) is 0 Å². The number of carbonyl (C=O) groups is 1. The molecule has 1 N–H and O–H groups in total. The summed E-state index contributed by atoms with van der Waals surface area (Å²) >= 11 is 0. The van der Waals surface area contributed by atoms with Crippen LogP contribution in [0.1, 0.15) is 35.1 Å². The second-order valence-electron chi connectivity index (χ2n) is 5.97. The Kier molecular flexibility index (Phi) is 3.31. The molecule has 1 unspecified atom stereocenters. The Morgan fingerprint density at radius 2 is 2.05 bits per heavy atom. The van der Waals surface area contributed by atoms with Gasteiger partial charge in [-0.2, -0.15) is 5.10 Å². The number of carbonyl (C=O) groups excluding carboxylic acids is 1. The van der Waals surface area contributed by atoms with Crippen molar-refractivity contribution >= 4 is 5.91 Å². The zero-order valence-electron chi connectivity index (χ0n) is 11.8. The summed E-state index contributed by atoms with van der Waals surface area (Å²) in [4.78, 5) is 16.8. The molecule has 0 saturated carbocycles. The van der Waals surface area contributed by atoms with Crippen molar-refractivity contribution in [2.45, 2.75) is 26.2 Å². The summed E-state index contributed by atoms with van der Waals surface area (Å²) in [6.07, 6.45) is 3.21. The molecule has 5 nitrogen and oxygen atoms in total. The number of aromatic amines is 1. The Bertz CT molecular complexity index is 474. The van der Waals surface area contributed by atoms with Gasteiger partial charge in [-0.15, -0.1) is 0 Å². The van der Waals surface area contributed by atoms with Gasteiger partial charge in [0.2, 0.25) is 0 Å². The minimum Gasteiger partial charge on any atom is -0.335 e. The zero-order valence-corrected chi connectivity index (χ0v) is 11.8. The Morgan fingerprint density at radius 1 is 1.32 bits per heavy atom. The molecule has 0 aromatic carbocycles. The average Bonchev–Trinajstić information content (AvgIpc) is 2.81. The smallest absolute Gasteiger partial charge is 0.274 e. The Labute approximate surface area is 114 Å². The molecule has 1 saturated heterocycles. The second kappa shape index (κ2) is 4.96. The van der Waals surface area contributed by atoms with E-state index in [0.717, 1.165) is 39.0 Å². The van der Waals surface area contributed by atoms with Crippen molar-refractivity contribution in [1.29, 1.82) is 0 Å². The molecule has 1 aromatic heterocycles. The molecular weight excluding hydrogens is 240 g/mol. The molecule has 1 aliphatic heterocycles. The highest BCUT2D eigenvalue weighted by atomic mass is 16.2. The average molecular weight is 262 g/mol. The van der Waals surface area contributed by atoms with Crippen LogP contribution in [0.4, 0.5) is 0 Å². The van der Waals surface area contributed by atoms with E-state index in [4.69, 9.17) is 0 Å². The molecule has 1 amide bonds. The van der Waals surface area contributed by atoms with Gasteiger partial charge >= 0.3 is 0 Å². The third kappa shape index (κ3) is 2.39. The molecule has 19 heavy (non-hydrogen) atoms. The lowest BCUT2D eigenvalue weighted by atomic mass is 9.87. The van der Waals surface area contributed by atoms with E-state index < -0.39 is 0 Å². The molecule has 0 spiro atoms. The summed E-state index contributed by atoms with van der Waals surface area (Å²) in [6.45, 7) is 5.78. The first kappa shape index (κ1) is 12.7. The number of nitrogens with one attached hydrogen (secondary N) is 1. The standard InChI is InChI=1S/C14H22N4O/c1-10-3-4-12-11(9-10)13(16-15-12)14(19)18-7-5-17(2)6-8-18/h10H,3-9H2,1-2H3,(H,15,16). The SMILES string of the molecule is CC1CCc2[nH]nc(C(=O)N3CCN(C)CC3)c2C1. The monoisotopic (exact) mass is 262 g/mol. The Morgan fingerprint density at radius 3 is 2.79 bits per heavy atom. The first-order valence-electron chi connectivity index (χ1n) is 7.19. The lowest BCUT2D eigenvalue weighted by Crippen LogP contribution is -2.47. The highest BCUT2D eigenvalue weighted by molar-refractivity contribution is 5.94. The largest absolute Gasteiger partial charge is 0.335 e. The van der Waals surface area contributed by atoms with Crippen LogP contribution >= 0.6 is 0 Å². The van der Waals surface area contributed by atoms with Gasteiger partial charge in [-0.25, -0.2) is 0 Å². The van der Waals surface area contributed by atoms with Gasteiger partial charge in [0.1, 0.15) is 0 Å².